The van der Waals surface area contributed by atoms with Crippen LogP contribution in [0, 0.1) is 0 Å². The molecular formula is C12H19N3O2S. The summed E-state index contributed by atoms with van der Waals surface area (Å²) >= 11 is 1.62. The van der Waals surface area contributed by atoms with Gasteiger partial charge in [-0.1, -0.05) is 0 Å². The number of likely N-dealkylation sites (N-methyl/N-ethyl adjacent to an activating group) is 1. The Morgan fingerprint density at radius 1 is 1.44 bits per heavy atom. The second-order valence-corrected chi connectivity index (χ2v) is 5.50. The molecule has 6 heteroatoms. The lowest BCUT2D eigenvalue weighted by Gasteiger charge is -2.19. The molecule has 1 aromatic rings. The highest BCUT2D eigenvalue weighted by Crippen LogP contribution is 2.22. The van der Waals surface area contributed by atoms with E-state index in [1.54, 1.807) is 11.3 Å². The third-order valence-electron chi connectivity index (χ3n) is 3.12. The predicted molar refractivity (Wildman–Crippen MR) is 72.4 cm³/mol. The lowest BCUT2D eigenvalue weighted by atomic mass is 10.2. The number of hydrogen-bond acceptors (Lipinski definition) is 5. The number of anilines is 1. The summed E-state index contributed by atoms with van der Waals surface area (Å²) in [5.41, 5.74) is 0.898. The molecule has 0 spiro atoms. The molecule has 1 N–H and O–H groups in total. The topological polar surface area (TPSA) is 56.7 Å². The molecule has 100 valence electrons. The van der Waals surface area contributed by atoms with Crippen molar-refractivity contribution >= 4 is 22.4 Å². The van der Waals surface area contributed by atoms with Gasteiger partial charge in [0.1, 0.15) is 0 Å². The second kappa shape index (κ2) is 6.15. The molecule has 0 bridgehead atoms. The number of carboxylic acid groups (broad SMARTS) is 1. The van der Waals surface area contributed by atoms with E-state index >= 15 is 0 Å². The van der Waals surface area contributed by atoms with Crippen molar-refractivity contribution in [2.45, 2.75) is 19.3 Å². The van der Waals surface area contributed by atoms with E-state index in [0.717, 1.165) is 43.4 Å². The molecule has 2 rings (SSSR count). The van der Waals surface area contributed by atoms with Crippen molar-refractivity contribution in [2.75, 3.05) is 38.1 Å². The number of rotatable bonds is 4. The first-order valence-electron chi connectivity index (χ1n) is 6.25. The number of carbonyl (C=O) groups is 1. The van der Waals surface area contributed by atoms with Crippen molar-refractivity contribution in [1.29, 1.82) is 0 Å². The highest BCUT2D eigenvalue weighted by atomic mass is 32.1. The van der Waals surface area contributed by atoms with Crippen LogP contribution in [-0.4, -0.2) is 54.2 Å². The summed E-state index contributed by atoms with van der Waals surface area (Å²) in [5.74, 6) is -0.763. The Hall–Kier alpha value is -1.14. The smallest absolute Gasteiger partial charge is 0.303 e. The van der Waals surface area contributed by atoms with Crippen LogP contribution in [0.5, 0.6) is 0 Å². The molecule has 1 aliphatic heterocycles. The molecule has 1 saturated heterocycles. The van der Waals surface area contributed by atoms with Crippen molar-refractivity contribution in [3.63, 3.8) is 0 Å². The second-order valence-electron chi connectivity index (χ2n) is 4.66. The summed E-state index contributed by atoms with van der Waals surface area (Å²) < 4.78 is 0. The van der Waals surface area contributed by atoms with E-state index in [1.807, 2.05) is 5.38 Å². The largest absolute Gasteiger partial charge is 0.481 e. The van der Waals surface area contributed by atoms with Crippen LogP contribution in [0.3, 0.4) is 0 Å². The monoisotopic (exact) mass is 269 g/mol. The molecule has 1 aliphatic rings. The van der Waals surface area contributed by atoms with E-state index in [-0.39, 0.29) is 6.42 Å². The first-order valence-corrected chi connectivity index (χ1v) is 7.13. The third kappa shape index (κ3) is 3.68. The minimum atomic E-state index is -0.763. The van der Waals surface area contributed by atoms with Gasteiger partial charge in [0.25, 0.3) is 0 Å². The zero-order valence-corrected chi connectivity index (χ0v) is 11.4. The van der Waals surface area contributed by atoms with E-state index in [1.165, 1.54) is 0 Å². The number of aliphatic carboxylic acids is 1. The van der Waals surface area contributed by atoms with Crippen molar-refractivity contribution in [3.05, 3.63) is 11.1 Å². The van der Waals surface area contributed by atoms with E-state index in [4.69, 9.17) is 5.11 Å². The van der Waals surface area contributed by atoms with Gasteiger partial charge < -0.3 is 14.9 Å². The zero-order valence-electron chi connectivity index (χ0n) is 10.6. The van der Waals surface area contributed by atoms with Gasteiger partial charge >= 0.3 is 5.97 Å². The molecule has 0 amide bonds. The lowest BCUT2D eigenvalue weighted by Crippen LogP contribution is -2.28. The van der Waals surface area contributed by atoms with Crippen molar-refractivity contribution in [2.24, 2.45) is 0 Å². The van der Waals surface area contributed by atoms with Crippen molar-refractivity contribution in [1.82, 2.24) is 9.88 Å². The summed E-state index contributed by atoms with van der Waals surface area (Å²) in [7, 11) is 2.14. The molecule has 0 unspecified atom stereocenters. The minimum absolute atomic E-state index is 0.159. The highest BCUT2D eigenvalue weighted by molar-refractivity contribution is 7.13. The van der Waals surface area contributed by atoms with Crippen LogP contribution >= 0.6 is 11.3 Å². The highest BCUT2D eigenvalue weighted by Gasteiger charge is 2.15. The standard InChI is InChI=1S/C12H19N3O2S/c1-14-5-2-6-15(8-7-14)12-13-10(9-18-12)3-4-11(16)17/h9H,2-8H2,1H3,(H,16,17). The lowest BCUT2D eigenvalue weighted by molar-refractivity contribution is -0.136. The Labute approximate surface area is 111 Å². The molecule has 5 nitrogen and oxygen atoms in total. The Morgan fingerprint density at radius 2 is 2.28 bits per heavy atom. The third-order valence-corrected chi connectivity index (χ3v) is 4.07. The number of aromatic nitrogens is 1. The Balaban J connectivity index is 1.94. The van der Waals surface area contributed by atoms with E-state index in [2.05, 4.69) is 21.8 Å². The van der Waals surface area contributed by atoms with E-state index < -0.39 is 5.97 Å². The quantitative estimate of drug-likeness (QED) is 0.893. The maximum absolute atomic E-state index is 10.5. The normalized spacial score (nSPS) is 17.7. The van der Waals surface area contributed by atoms with Gasteiger partial charge in [0, 0.05) is 31.4 Å². The van der Waals surface area contributed by atoms with Crippen LogP contribution < -0.4 is 4.90 Å². The average molecular weight is 269 g/mol. The van der Waals surface area contributed by atoms with Gasteiger partial charge in [-0.2, -0.15) is 0 Å². The van der Waals surface area contributed by atoms with Gasteiger partial charge in [-0.15, -0.1) is 11.3 Å². The number of hydrogen-bond donors (Lipinski definition) is 1. The minimum Gasteiger partial charge on any atom is -0.481 e. The summed E-state index contributed by atoms with van der Waals surface area (Å²) in [4.78, 5) is 19.7. The van der Waals surface area contributed by atoms with Crippen molar-refractivity contribution in [3.8, 4) is 0 Å². The van der Waals surface area contributed by atoms with Gasteiger partial charge in [0.15, 0.2) is 5.13 Å². The summed E-state index contributed by atoms with van der Waals surface area (Å²) in [5, 5.41) is 11.7. The fraction of sp³-hybridized carbons (Fsp3) is 0.667. The molecular weight excluding hydrogens is 250 g/mol. The number of thiazole rings is 1. The molecule has 2 heterocycles. The first-order chi connectivity index (χ1) is 8.65. The van der Waals surface area contributed by atoms with Gasteiger partial charge in [-0.3, -0.25) is 4.79 Å². The van der Waals surface area contributed by atoms with Crippen LogP contribution in [-0.2, 0) is 11.2 Å². The van der Waals surface area contributed by atoms with Crippen LogP contribution in [0.2, 0.25) is 0 Å². The number of aryl methyl sites for hydroxylation is 1. The Bertz CT molecular complexity index is 408. The van der Waals surface area contributed by atoms with Crippen LogP contribution in [0.25, 0.3) is 0 Å². The Kier molecular flexibility index (Phi) is 4.54. The van der Waals surface area contributed by atoms with Crippen LogP contribution in [0.4, 0.5) is 5.13 Å². The summed E-state index contributed by atoms with van der Waals surface area (Å²) in [6, 6.07) is 0. The molecule has 0 aromatic carbocycles. The molecule has 18 heavy (non-hydrogen) atoms. The van der Waals surface area contributed by atoms with E-state index in [0.29, 0.717) is 6.42 Å². The molecule has 0 radical (unpaired) electrons. The van der Waals surface area contributed by atoms with Gasteiger partial charge in [0.2, 0.25) is 0 Å². The average Bonchev–Trinajstić information content (AvgIpc) is 2.69. The van der Waals surface area contributed by atoms with Crippen LogP contribution in [0.1, 0.15) is 18.5 Å². The summed E-state index contributed by atoms with van der Waals surface area (Å²) in [6.45, 7) is 4.23. The van der Waals surface area contributed by atoms with Gasteiger partial charge in [-0.05, 0) is 20.0 Å². The summed E-state index contributed by atoms with van der Waals surface area (Å²) in [6.07, 6.45) is 1.84. The van der Waals surface area contributed by atoms with Crippen LogP contribution in [0.15, 0.2) is 5.38 Å². The molecule has 0 saturated carbocycles. The van der Waals surface area contributed by atoms with E-state index in [9.17, 15) is 4.79 Å². The molecule has 0 aliphatic carbocycles. The van der Waals surface area contributed by atoms with Crippen molar-refractivity contribution < 1.29 is 9.90 Å². The van der Waals surface area contributed by atoms with Gasteiger partial charge in [0.05, 0.1) is 12.1 Å². The molecule has 0 atom stereocenters. The SMILES string of the molecule is CN1CCCN(c2nc(CCC(=O)O)cs2)CC1. The molecule has 1 aromatic heterocycles. The van der Waals surface area contributed by atoms with Gasteiger partial charge in [-0.25, -0.2) is 4.98 Å². The fourth-order valence-corrected chi connectivity index (χ4v) is 2.94. The number of nitrogens with zero attached hydrogens (tertiary/aromatic N) is 3. The fourth-order valence-electron chi connectivity index (χ4n) is 2.03. The molecule has 1 fully saturated rings. The number of carboxylic acids is 1. The zero-order chi connectivity index (χ0) is 13.0. The maximum atomic E-state index is 10.5. The predicted octanol–water partition coefficient (Wildman–Crippen LogP) is 1.30. The first kappa shape index (κ1) is 13.3. The Morgan fingerprint density at radius 3 is 3.06 bits per heavy atom. The maximum Gasteiger partial charge on any atom is 0.303 e.